The number of nitrogens with one attached hydrogen (secondary N) is 1. The van der Waals surface area contributed by atoms with Crippen molar-refractivity contribution < 1.29 is 9.66 Å². The zero-order valence-corrected chi connectivity index (χ0v) is 16.6. The molecule has 2 aromatic carbocycles. The zero-order valence-electron chi connectivity index (χ0n) is 15.0. The van der Waals surface area contributed by atoms with Crippen molar-refractivity contribution in [3.05, 3.63) is 92.1 Å². The molecule has 3 aromatic rings. The number of hydrogen-bond donors (Lipinski definition) is 1. The van der Waals surface area contributed by atoms with Crippen molar-refractivity contribution in [2.24, 2.45) is 5.10 Å². The van der Waals surface area contributed by atoms with Crippen LogP contribution < -0.4 is 10.2 Å². The fraction of sp³-hybridized carbons (Fsp3) is 0.100. The van der Waals surface area contributed by atoms with E-state index in [1.807, 2.05) is 49.4 Å². The minimum absolute atomic E-state index is 0.0703. The van der Waals surface area contributed by atoms with E-state index in [4.69, 9.17) is 4.74 Å². The molecule has 0 amide bonds. The molecule has 0 fully saturated rings. The van der Waals surface area contributed by atoms with Gasteiger partial charge < -0.3 is 4.74 Å². The minimum Gasteiger partial charge on any atom is -0.488 e. The maximum Gasteiger partial charge on any atom is 0.313 e. The number of aromatic nitrogens is 1. The van der Waals surface area contributed by atoms with Crippen LogP contribution in [0.2, 0.25) is 0 Å². The van der Waals surface area contributed by atoms with Crippen LogP contribution in [0.3, 0.4) is 0 Å². The average molecular weight is 441 g/mol. The molecule has 7 nitrogen and oxygen atoms in total. The third-order valence-corrected chi connectivity index (χ3v) is 4.34. The Bertz CT molecular complexity index is 1010. The molecule has 1 heterocycles. The molecule has 8 heteroatoms. The second-order valence-corrected chi connectivity index (χ2v) is 6.87. The van der Waals surface area contributed by atoms with Gasteiger partial charge in [-0.15, -0.1) is 0 Å². The standard InChI is InChI=1S/C20H17BrN4O3/c1-14-4-6-15(7-5-14)13-28-19-9-8-17(21)11-16(19)12-23-24-20-18(25(26)27)3-2-10-22-20/h2-12H,13H2,1H3,(H,22,24)/b23-12-. The molecule has 0 saturated heterocycles. The van der Waals surface area contributed by atoms with E-state index in [0.717, 1.165) is 10.0 Å². The summed E-state index contributed by atoms with van der Waals surface area (Å²) < 4.78 is 6.78. The fourth-order valence-corrected chi connectivity index (χ4v) is 2.77. The number of hydrogen-bond acceptors (Lipinski definition) is 6. The van der Waals surface area contributed by atoms with Crippen molar-refractivity contribution in [2.45, 2.75) is 13.5 Å². The topological polar surface area (TPSA) is 89.7 Å². The molecular formula is C20H17BrN4O3. The summed E-state index contributed by atoms with van der Waals surface area (Å²) in [6.45, 7) is 2.45. The van der Waals surface area contributed by atoms with Crippen LogP contribution >= 0.6 is 15.9 Å². The number of aryl methyl sites for hydroxylation is 1. The summed E-state index contributed by atoms with van der Waals surface area (Å²) in [4.78, 5) is 14.5. The Morgan fingerprint density at radius 1 is 1.25 bits per heavy atom. The molecule has 1 aromatic heterocycles. The molecule has 0 aliphatic carbocycles. The summed E-state index contributed by atoms with van der Waals surface area (Å²) in [7, 11) is 0. The number of halogens is 1. The van der Waals surface area contributed by atoms with Crippen LogP contribution in [0.5, 0.6) is 5.75 Å². The smallest absolute Gasteiger partial charge is 0.313 e. The molecule has 142 valence electrons. The Hall–Kier alpha value is -3.26. The van der Waals surface area contributed by atoms with Crippen molar-refractivity contribution in [3.8, 4) is 5.75 Å². The number of nitro groups is 1. The molecule has 0 unspecified atom stereocenters. The first-order chi connectivity index (χ1) is 13.5. The first-order valence-electron chi connectivity index (χ1n) is 8.39. The summed E-state index contributed by atoms with van der Waals surface area (Å²) in [6, 6.07) is 16.5. The molecule has 0 aliphatic heterocycles. The van der Waals surface area contributed by atoms with E-state index < -0.39 is 4.92 Å². The molecule has 28 heavy (non-hydrogen) atoms. The highest BCUT2D eigenvalue weighted by Gasteiger charge is 2.13. The van der Waals surface area contributed by atoms with Crippen LogP contribution in [0.4, 0.5) is 11.5 Å². The number of pyridine rings is 1. The van der Waals surface area contributed by atoms with E-state index in [9.17, 15) is 10.1 Å². The Morgan fingerprint density at radius 2 is 2.04 bits per heavy atom. The predicted molar refractivity (Wildman–Crippen MR) is 112 cm³/mol. The summed E-state index contributed by atoms with van der Waals surface area (Å²) in [5.74, 6) is 0.714. The van der Waals surface area contributed by atoms with Gasteiger partial charge >= 0.3 is 5.69 Å². The molecule has 0 atom stereocenters. The van der Waals surface area contributed by atoms with Gasteiger partial charge in [-0.25, -0.2) is 4.98 Å². The highest BCUT2D eigenvalue weighted by molar-refractivity contribution is 9.10. The van der Waals surface area contributed by atoms with Gasteiger partial charge in [-0.2, -0.15) is 5.10 Å². The number of rotatable bonds is 7. The van der Waals surface area contributed by atoms with Gasteiger partial charge in [0.05, 0.1) is 11.1 Å². The maximum atomic E-state index is 11.0. The van der Waals surface area contributed by atoms with Crippen LogP contribution in [0.15, 0.2) is 70.4 Å². The lowest BCUT2D eigenvalue weighted by molar-refractivity contribution is -0.384. The van der Waals surface area contributed by atoms with E-state index in [2.05, 4.69) is 31.4 Å². The third-order valence-electron chi connectivity index (χ3n) is 3.84. The van der Waals surface area contributed by atoms with Crippen molar-refractivity contribution in [1.82, 2.24) is 4.98 Å². The largest absolute Gasteiger partial charge is 0.488 e. The summed E-state index contributed by atoms with van der Waals surface area (Å²) in [5.41, 5.74) is 5.43. The lowest BCUT2D eigenvalue weighted by Crippen LogP contribution is -2.01. The highest BCUT2D eigenvalue weighted by atomic mass is 79.9. The van der Waals surface area contributed by atoms with E-state index in [1.54, 1.807) is 0 Å². The SMILES string of the molecule is Cc1ccc(COc2ccc(Br)cc2/C=N\Nc2ncccc2[N+](=O)[O-])cc1. The quantitative estimate of drug-likeness (QED) is 0.314. The van der Waals surface area contributed by atoms with Crippen LogP contribution in [0.25, 0.3) is 0 Å². The monoisotopic (exact) mass is 440 g/mol. The molecule has 0 aliphatic rings. The Morgan fingerprint density at radius 3 is 2.79 bits per heavy atom. The third kappa shape index (κ3) is 5.14. The van der Waals surface area contributed by atoms with Gasteiger partial charge in [-0.3, -0.25) is 15.5 Å². The lowest BCUT2D eigenvalue weighted by Gasteiger charge is -2.10. The summed E-state index contributed by atoms with van der Waals surface area (Å²) in [5, 5.41) is 15.1. The number of benzene rings is 2. The van der Waals surface area contributed by atoms with E-state index in [1.165, 1.54) is 30.1 Å². The van der Waals surface area contributed by atoms with Gasteiger partial charge in [-0.05, 0) is 36.8 Å². The van der Waals surface area contributed by atoms with Crippen molar-refractivity contribution in [3.63, 3.8) is 0 Å². The second-order valence-electron chi connectivity index (χ2n) is 5.95. The Labute approximate surface area is 170 Å². The maximum absolute atomic E-state index is 11.0. The Balaban J connectivity index is 1.74. The highest BCUT2D eigenvalue weighted by Crippen LogP contribution is 2.24. The normalized spacial score (nSPS) is 10.8. The van der Waals surface area contributed by atoms with Crippen molar-refractivity contribution in [1.29, 1.82) is 0 Å². The second kappa shape index (κ2) is 9.09. The molecule has 0 bridgehead atoms. The van der Waals surface area contributed by atoms with Crippen molar-refractivity contribution in [2.75, 3.05) is 5.43 Å². The van der Waals surface area contributed by atoms with E-state index in [-0.39, 0.29) is 11.5 Å². The van der Waals surface area contributed by atoms with E-state index in [0.29, 0.717) is 17.9 Å². The minimum atomic E-state index is -0.514. The van der Waals surface area contributed by atoms with Crippen LogP contribution in [-0.2, 0) is 6.61 Å². The molecule has 1 N–H and O–H groups in total. The number of anilines is 1. The zero-order chi connectivity index (χ0) is 19.9. The summed E-state index contributed by atoms with van der Waals surface area (Å²) in [6.07, 6.45) is 2.99. The molecule has 3 rings (SSSR count). The lowest BCUT2D eigenvalue weighted by atomic mass is 10.1. The number of nitrogens with zero attached hydrogens (tertiary/aromatic N) is 3. The number of ether oxygens (including phenoxy) is 1. The van der Waals surface area contributed by atoms with Crippen LogP contribution in [0.1, 0.15) is 16.7 Å². The van der Waals surface area contributed by atoms with Crippen LogP contribution in [-0.4, -0.2) is 16.1 Å². The molecule has 0 saturated carbocycles. The first-order valence-corrected chi connectivity index (χ1v) is 9.18. The van der Waals surface area contributed by atoms with Gasteiger partial charge in [-0.1, -0.05) is 45.8 Å². The fourth-order valence-electron chi connectivity index (χ4n) is 2.39. The van der Waals surface area contributed by atoms with Gasteiger partial charge in [0.15, 0.2) is 0 Å². The van der Waals surface area contributed by atoms with E-state index >= 15 is 0 Å². The molecule has 0 radical (unpaired) electrons. The average Bonchev–Trinajstić information content (AvgIpc) is 2.69. The number of hydrazone groups is 1. The molecular weight excluding hydrogens is 424 g/mol. The van der Waals surface area contributed by atoms with Gasteiger partial charge in [0.2, 0.25) is 5.82 Å². The van der Waals surface area contributed by atoms with Gasteiger partial charge in [0.1, 0.15) is 12.4 Å². The Kier molecular flexibility index (Phi) is 6.33. The predicted octanol–water partition coefficient (Wildman–Crippen LogP) is 5.09. The van der Waals surface area contributed by atoms with Crippen LogP contribution in [0, 0.1) is 17.0 Å². The van der Waals surface area contributed by atoms with Gasteiger partial charge in [0, 0.05) is 22.3 Å². The molecule has 0 spiro atoms. The van der Waals surface area contributed by atoms with Gasteiger partial charge in [0.25, 0.3) is 0 Å². The summed E-state index contributed by atoms with van der Waals surface area (Å²) >= 11 is 3.43. The first kappa shape index (κ1) is 19.5. The van der Waals surface area contributed by atoms with Crippen molar-refractivity contribution >= 4 is 33.6 Å².